The second kappa shape index (κ2) is 10.5. The Hall–Kier alpha value is -4.04. The normalized spacial score (nSPS) is 14.5. The van der Waals surface area contributed by atoms with E-state index >= 15 is 0 Å². The summed E-state index contributed by atoms with van der Waals surface area (Å²) >= 11 is 5.90. The van der Waals surface area contributed by atoms with Crippen LogP contribution >= 0.6 is 11.6 Å². The van der Waals surface area contributed by atoms with Crippen molar-refractivity contribution in [3.05, 3.63) is 83.4 Å². The summed E-state index contributed by atoms with van der Waals surface area (Å²) in [5.74, 6) is 0.927. The number of carbonyl (C=O) groups excluding carboxylic acids is 2. The average Bonchev–Trinajstić information content (AvgIpc) is 2.83. The minimum atomic E-state index is -0.786. The van der Waals surface area contributed by atoms with E-state index in [2.05, 4.69) is 15.8 Å². The highest BCUT2D eigenvalue weighted by Gasteiger charge is 2.26. The number of hydrazone groups is 1. The van der Waals surface area contributed by atoms with Crippen LogP contribution in [0.4, 0.5) is 5.69 Å². The van der Waals surface area contributed by atoms with Gasteiger partial charge >= 0.3 is 0 Å². The largest absolute Gasteiger partial charge is 0.485 e. The van der Waals surface area contributed by atoms with E-state index in [9.17, 15) is 9.59 Å². The number of carbonyl (C=O) groups is 2. The van der Waals surface area contributed by atoms with E-state index in [1.54, 1.807) is 66.7 Å². The monoisotopic (exact) mass is 465 g/mol. The van der Waals surface area contributed by atoms with Gasteiger partial charge in [0.2, 0.25) is 6.10 Å². The van der Waals surface area contributed by atoms with Crippen LogP contribution in [0.3, 0.4) is 0 Å². The molecule has 8 nitrogen and oxygen atoms in total. The van der Waals surface area contributed by atoms with Crippen LogP contribution < -0.4 is 25.0 Å². The van der Waals surface area contributed by atoms with E-state index in [-0.39, 0.29) is 19.1 Å². The number of amides is 2. The number of fused-ring (bicyclic) bond motifs is 1. The molecule has 4 rings (SSSR count). The summed E-state index contributed by atoms with van der Waals surface area (Å²) in [6.45, 7) is -0.0438. The van der Waals surface area contributed by atoms with Crippen molar-refractivity contribution in [1.82, 2.24) is 5.43 Å². The summed E-state index contributed by atoms with van der Waals surface area (Å²) in [6.07, 6.45) is 0.705. The third-order valence-corrected chi connectivity index (χ3v) is 4.78. The Bertz CT molecular complexity index is 1170. The quantitative estimate of drug-likeness (QED) is 0.410. The molecule has 1 aliphatic heterocycles. The Kier molecular flexibility index (Phi) is 7.06. The molecule has 168 valence electrons. The van der Waals surface area contributed by atoms with Gasteiger partial charge in [-0.25, -0.2) is 5.43 Å². The predicted octanol–water partition coefficient (Wildman–Crippen LogP) is 3.65. The highest BCUT2D eigenvalue weighted by Crippen LogP contribution is 2.30. The maximum absolute atomic E-state index is 12.3. The van der Waals surface area contributed by atoms with Crippen molar-refractivity contribution in [2.75, 3.05) is 18.5 Å². The molecule has 3 aromatic rings. The van der Waals surface area contributed by atoms with Gasteiger partial charge in [0, 0.05) is 10.7 Å². The molecule has 2 amide bonds. The molecule has 0 spiro atoms. The lowest BCUT2D eigenvalue weighted by Gasteiger charge is -2.24. The highest BCUT2D eigenvalue weighted by molar-refractivity contribution is 6.30. The van der Waals surface area contributed by atoms with Gasteiger partial charge < -0.3 is 19.5 Å². The molecule has 0 aromatic heterocycles. The molecule has 0 unspecified atom stereocenters. The second-order valence-corrected chi connectivity index (χ2v) is 7.45. The van der Waals surface area contributed by atoms with Crippen LogP contribution in [-0.4, -0.2) is 37.3 Å². The first-order chi connectivity index (χ1) is 16.1. The average molecular weight is 466 g/mol. The van der Waals surface area contributed by atoms with Gasteiger partial charge in [0.05, 0.1) is 6.21 Å². The van der Waals surface area contributed by atoms with Crippen LogP contribution in [0, 0.1) is 0 Å². The summed E-state index contributed by atoms with van der Waals surface area (Å²) in [5.41, 5.74) is 3.78. The van der Waals surface area contributed by atoms with E-state index in [0.29, 0.717) is 28.0 Å². The Balaban J connectivity index is 1.22. The standard InChI is InChI=1S/C24H20ClN3O5/c25-17-4-3-5-18(12-17)27-23(29)15-31-19-10-8-16(9-11-19)13-26-28-24(30)22-14-32-20-6-1-2-7-21(20)33-22/h1-13,22H,14-15H2,(H,27,29)(H,28,30)/b26-13-/t22-/m1/s1. The number of benzene rings is 3. The van der Waals surface area contributed by atoms with Crippen molar-refractivity contribution >= 4 is 35.3 Å². The number of ether oxygens (including phenoxy) is 3. The number of hydrogen-bond acceptors (Lipinski definition) is 6. The third kappa shape index (κ3) is 6.24. The van der Waals surface area contributed by atoms with Crippen LogP contribution in [0.25, 0.3) is 0 Å². The summed E-state index contributed by atoms with van der Waals surface area (Å²) < 4.78 is 16.6. The van der Waals surface area contributed by atoms with Crippen molar-refractivity contribution in [3.63, 3.8) is 0 Å². The molecule has 0 saturated heterocycles. The van der Waals surface area contributed by atoms with Gasteiger partial charge in [-0.1, -0.05) is 29.8 Å². The van der Waals surface area contributed by atoms with E-state index in [1.807, 2.05) is 6.07 Å². The molecule has 0 fully saturated rings. The van der Waals surface area contributed by atoms with Gasteiger partial charge in [-0.3, -0.25) is 9.59 Å². The first kappa shape index (κ1) is 22.2. The Morgan fingerprint density at radius 3 is 2.64 bits per heavy atom. The van der Waals surface area contributed by atoms with Gasteiger partial charge in [-0.2, -0.15) is 5.10 Å². The molecule has 1 heterocycles. The molecule has 0 aliphatic carbocycles. The summed E-state index contributed by atoms with van der Waals surface area (Å²) in [5, 5.41) is 7.20. The molecule has 9 heteroatoms. The number of anilines is 1. The fraction of sp³-hybridized carbons (Fsp3) is 0.125. The Labute approximate surface area is 195 Å². The van der Waals surface area contributed by atoms with Gasteiger partial charge in [0.1, 0.15) is 12.4 Å². The zero-order chi connectivity index (χ0) is 23.0. The fourth-order valence-corrected chi connectivity index (χ4v) is 3.14. The van der Waals surface area contributed by atoms with Gasteiger partial charge in [-0.15, -0.1) is 0 Å². The lowest BCUT2D eigenvalue weighted by Crippen LogP contribution is -2.42. The van der Waals surface area contributed by atoms with Crippen molar-refractivity contribution in [1.29, 1.82) is 0 Å². The fourth-order valence-electron chi connectivity index (χ4n) is 2.95. The SMILES string of the molecule is O=C(COc1ccc(/C=N\NC(=O)[C@H]2COc3ccccc3O2)cc1)Nc1cccc(Cl)c1. The number of nitrogens with zero attached hydrogens (tertiary/aromatic N) is 1. The number of rotatable bonds is 7. The van der Waals surface area contributed by atoms with Crippen LogP contribution in [0.1, 0.15) is 5.56 Å². The zero-order valence-electron chi connectivity index (χ0n) is 17.4. The second-order valence-electron chi connectivity index (χ2n) is 7.01. The maximum atomic E-state index is 12.3. The molecule has 2 N–H and O–H groups in total. The first-order valence-corrected chi connectivity index (χ1v) is 10.4. The van der Waals surface area contributed by atoms with E-state index < -0.39 is 12.0 Å². The number of halogens is 1. The first-order valence-electron chi connectivity index (χ1n) is 10.1. The minimum absolute atomic E-state index is 0.106. The van der Waals surface area contributed by atoms with Crippen molar-refractivity contribution in [2.45, 2.75) is 6.10 Å². The molecule has 33 heavy (non-hydrogen) atoms. The van der Waals surface area contributed by atoms with Crippen LogP contribution in [0.2, 0.25) is 5.02 Å². The molecule has 0 radical (unpaired) electrons. The summed E-state index contributed by atoms with van der Waals surface area (Å²) in [4.78, 5) is 24.3. The lowest BCUT2D eigenvalue weighted by molar-refractivity contribution is -0.130. The van der Waals surface area contributed by atoms with E-state index in [1.165, 1.54) is 6.21 Å². The van der Waals surface area contributed by atoms with Crippen LogP contribution in [0.15, 0.2) is 77.9 Å². The number of para-hydroxylation sites is 2. The van der Waals surface area contributed by atoms with Gasteiger partial charge in [0.15, 0.2) is 18.1 Å². The van der Waals surface area contributed by atoms with Crippen LogP contribution in [0.5, 0.6) is 17.2 Å². The van der Waals surface area contributed by atoms with Crippen molar-refractivity contribution in [3.8, 4) is 17.2 Å². The number of nitrogens with one attached hydrogen (secondary N) is 2. The zero-order valence-corrected chi connectivity index (χ0v) is 18.1. The molecular weight excluding hydrogens is 446 g/mol. The molecule has 0 saturated carbocycles. The van der Waals surface area contributed by atoms with Gasteiger partial charge in [-0.05, 0) is 60.2 Å². The Morgan fingerprint density at radius 2 is 1.85 bits per heavy atom. The predicted molar refractivity (Wildman–Crippen MR) is 124 cm³/mol. The number of hydrogen-bond donors (Lipinski definition) is 2. The topological polar surface area (TPSA) is 98.2 Å². The highest BCUT2D eigenvalue weighted by atomic mass is 35.5. The molecule has 0 bridgehead atoms. The van der Waals surface area contributed by atoms with Crippen molar-refractivity contribution < 1.29 is 23.8 Å². The summed E-state index contributed by atoms with van der Waals surface area (Å²) in [7, 11) is 0. The smallest absolute Gasteiger partial charge is 0.284 e. The van der Waals surface area contributed by atoms with Crippen molar-refractivity contribution in [2.24, 2.45) is 5.10 Å². The Morgan fingerprint density at radius 1 is 1.06 bits per heavy atom. The van der Waals surface area contributed by atoms with Gasteiger partial charge in [0.25, 0.3) is 11.8 Å². The summed E-state index contributed by atoms with van der Waals surface area (Å²) in [6, 6.07) is 20.9. The third-order valence-electron chi connectivity index (χ3n) is 4.55. The molecule has 3 aromatic carbocycles. The maximum Gasteiger partial charge on any atom is 0.284 e. The van der Waals surface area contributed by atoms with Crippen LogP contribution in [-0.2, 0) is 9.59 Å². The molecule has 1 aliphatic rings. The minimum Gasteiger partial charge on any atom is -0.485 e. The molecule has 1 atom stereocenters. The molecular formula is C24H20ClN3O5. The lowest BCUT2D eigenvalue weighted by atomic mass is 10.2. The van der Waals surface area contributed by atoms with E-state index in [0.717, 1.165) is 5.56 Å². The van der Waals surface area contributed by atoms with E-state index in [4.69, 9.17) is 25.8 Å².